The minimum absolute atomic E-state index is 0.174. The first-order valence-corrected chi connectivity index (χ1v) is 6.50. The van der Waals surface area contributed by atoms with Gasteiger partial charge in [-0.1, -0.05) is 0 Å². The van der Waals surface area contributed by atoms with Gasteiger partial charge in [0.05, 0.1) is 5.69 Å². The van der Waals surface area contributed by atoms with Gasteiger partial charge in [-0.05, 0) is 70.3 Å². The van der Waals surface area contributed by atoms with Gasteiger partial charge in [-0.2, -0.15) is 0 Å². The standard InChI is InChI=1S/C9H8ClI2NO/c1-5(10)9(14)13-8-4-6(11)2-3-7(8)12/h2-5H,1H3,(H,13,14). The summed E-state index contributed by atoms with van der Waals surface area (Å²) in [7, 11) is 0. The fourth-order valence-corrected chi connectivity index (χ4v) is 1.84. The molecular formula is C9H8ClI2NO. The number of halogens is 3. The minimum atomic E-state index is -0.510. The summed E-state index contributed by atoms with van der Waals surface area (Å²) in [4.78, 5) is 11.3. The molecule has 14 heavy (non-hydrogen) atoms. The van der Waals surface area contributed by atoms with Crippen molar-refractivity contribution in [3.8, 4) is 0 Å². The van der Waals surface area contributed by atoms with Crippen LogP contribution in [0.25, 0.3) is 0 Å². The molecule has 5 heteroatoms. The van der Waals surface area contributed by atoms with E-state index in [0.717, 1.165) is 12.8 Å². The lowest BCUT2D eigenvalue weighted by Crippen LogP contribution is -2.20. The summed E-state index contributed by atoms with van der Waals surface area (Å²) in [6.45, 7) is 1.65. The smallest absolute Gasteiger partial charge is 0.242 e. The quantitative estimate of drug-likeness (QED) is 0.560. The Morgan fingerprint density at radius 3 is 2.71 bits per heavy atom. The van der Waals surface area contributed by atoms with Crippen LogP contribution in [0.1, 0.15) is 6.92 Å². The van der Waals surface area contributed by atoms with Gasteiger partial charge < -0.3 is 5.32 Å². The van der Waals surface area contributed by atoms with Gasteiger partial charge in [-0.25, -0.2) is 0 Å². The molecular weight excluding hydrogens is 427 g/mol. The van der Waals surface area contributed by atoms with E-state index in [0.29, 0.717) is 0 Å². The summed E-state index contributed by atoms with van der Waals surface area (Å²) in [6.07, 6.45) is 0. The summed E-state index contributed by atoms with van der Waals surface area (Å²) in [6, 6.07) is 5.86. The van der Waals surface area contributed by atoms with E-state index < -0.39 is 5.38 Å². The van der Waals surface area contributed by atoms with Crippen molar-refractivity contribution in [2.24, 2.45) is 0 Å². The van der Waals surface area contributed by atoms with Gasteiger partial charge in [-0.15, -0.1) is 11.6 Å². The summed E-state index contributed by atoms with van der Waals surface area (Å²) < 4.78 is 2.09. The predicted molar refractivity (Wildman–Crippen MR) is 75.8 cm³/mol. The Labute approximate surface area is 115 Å². The minimum Gasteiger partial charge on any atom is -0.324 e. The normalized spacial score (nSPS) is 12.3. The Kier molecular flexibility index (Phi) is 4.92. The number of rotatable bonds is 2. The molecule has 0 saturated carbocycles. The Morgan fingerprint density at radius 2 is 2.14 bits per heavy atom. The largest absolute Gasteiger partial charge is 0.324 e. The van der Waals surface area contributed by atoms with Crippen LogP contribution in [-0.2, 0) is 4.79 Å². The number of benzene rings is 1. The van der Waals surface area contributed by atoms with Crippen molar-refractivity contribution in [2.75, 3.05) is 5.32 Å². The molecule has 1 rings (SSSR count). The number of hydrogen-bond acceptors (Lipinski definition) is 1. The average molecular weight is 435 g/mol. The Balaban J connectivity index is 2.86. The molecule has 1 aromatic carbocycles. The fourth-order valence-electron chi connectivity index (χ4n) is 0.825. The number of amides is 1. The first-order valence-electron chi connectivity index (χ1n) is 3.90. The third kappa shape index (κ3) is 3.54. The van der Waals surface area contributed by atoms with Crippen LogP contribution >= 0.6 is 56.8 Å². The molecule has 0 aliphatic heterocycles. The van der Waals surface area contributed by atoms with E-state index in [1.807, 2.05) is 18.2 Å². The lowest BCUT2D eigenvalue weighted by molar-refractivity contribution is -0.115. The second-order valence-corrected chi connectivity index (χ2v) is 5.79. The maximum Gasteiger partial charge on any atom is 0.242 e. The molecule has 76 valence electrons. The lowest BCUT2D eigenvalue weighted by Gasteiger charge is -2.08. The van der Waals surface area contributed by atoms with Crippen molar-refractivity contribution in [3.63, 3.8) is 0 Å². The monoisotopic (exact) mass is 435 g/mol. The zero-order valence-corrected chi connectivity index (χ0v) is 12.4. The van der Waals surface area contributed by atoms with E-state index in [1.165, 1.54) is 0 Å². The van der Waals surface area contributed by atoms with Gasteiger partial charge >= 0.3 is 0 Å². The highest BCUT2D eigenvalue weighted by Crippen LogP contribution is 2.21. The van der Waals surface area contributed by atoms with Crippen LogP contribution < -0.4 is 5.32 Å². The first-order chi connectivity index (χ1) is 6.50. The Hall–Kier alpha value is 0.440. The highest BCUT2D eigenvalue weighted by Gasteiger charge is 2.10. The molecule has 0 aliphatic carbocycles. The van der Waals surface area contributed by atoms with Gasteiger partial charge in [0.25, 0.3) is 0 Å². The third-order valence-electron chi connectivity index (χ3n) is 1.55. The zero-order chi connectivity index (χ0) is 10.7. The van der Waals surface area contributed by atoms with Crippen molar-refractivity contribution in [1.82, 2.24) is 0 Å². The molecule has 0 aromatic heterocycles. The van der Waals surface area contributed by atoms with Crippen LogP contribution in [0, 0.1) is 7.14 Å². The number of nitrogens with one attached hydrogen (secondary N) is 1. The number of alkyl halides is 1. The summed E-state index contributed by atoms with van der Waals surface area (Å²) >= 11 is 10.0. The Bertz CT molecular complexity index is 355. The van der Waals surface area contributed by atoms with Crippen molar-refractivity contribution in [1.29, 1.82) is 0 Å². The highest BCUT2D eigenvalue weighted by atomic mass is 127. The number of carbonyl (C=O) groups excluding carboxylic acids is 1. The van der Waals surface area contributed by atoms with Gasteiger partial charge in [0.1, 0.15) is 5.38 Å². The van der Waals surface area contributed by atoms with Crippen LogP contribution in [-0.4, -0.2) is 11.3 Å². The third-order valence-corrected chi connectivity index (χ3v) is 3.36. The molecule has 1 atom stereocenters. The molecule has 1 aromatic rings. The molecule has 1 N–H and O–H groups in total. The first kappa shape index (κ1) is 12.5. The lowest BCUT2D eigenvalue weighted by atomic mass is 10.3. The van der Waals surface area contributed by atoms with E-state index in [2.05, 4.69) is 50.5 Å². The Morgan fingerprint density at radius 1 is 1.50 bits per heavy atom. The molecule has 0 heterocycles. The van der Waals surface area contributed by atoms with E-state index >= 15 is 0 Å². The SMILES string of the molecule is CC(Cl)C(=O)Nc1cc(I)ccc1I. The van der Waals surface area contributed by atoms with Crippen LogP contribution in [0.5, 0.6) is 0 Å². The number of hydrogen-bond donors (Lipinski definition) is 1. The molecule has 0 radical (unpaired) electrons. The van der Waals surface area contributed by atoms with E-state index in [4.69, 9.17) is 11.6 Å². The maximum atomic E-state index is 11.3. The van der Waals surface area contributed by atoms with Crippen molar-refractivity contribution >= 4 is 68.4 Å². The van der Waals surface area contributed by atoms with Gasteiger partial charge in [0, 0.05) is 7.14 Å². The molecule has 1 unspecified atom stereocenters. The van der Waals surface area contributed by atoms with Crippen LogP contribution in [0.4, 0.5) is 5.69 Å². The van der Waals surface area contributed by atoms with Crippen molar-refractivity contribution in [2.45, 2.75) is 12.3 Å². The van der Waals surface area contributed by atoms with E-state index in [-0.39, 0.29) is 5.91 Å². The van der Waals surface area contributed by atoms with Crippen LogP contribution in [0.15, 0.2) is 18.2 Å². The summed E-state index contributed by atoms with van der Waals surface area (Å²) in [5.74, 6) is -0.174. The van der Waals surface area contributed by atoms with Crippen molar-refractivity contribution in [3.05, 3.63) is 25.3 Å². The number of anilines is 1. The molecule has 2 nitrogen and oxygen atoms in total. The van der Waals surface area contributed by atoms with Gasteiger partial charge in [0.2, 0.25) is 5.91 Å². The molecule has 0 spiro atoms. The van der Waals surface area contributed by atoms with E-state index in [1.54, 1.807) is 6.92 Å². The molecule has 1 amide bonds. The second kappa shape index (κ2) is 5.50. The topological polar surface area (TPSA) is 29.1 Å². The molecule has 0 bridgehead atoms. The summed E-state index contributed by atoms with van der Waals surface area (Å²) in [5, 5.41) is 2.26. The highest BCUT2D eigenvalue weighted by molar-refractivity contribution is 14.1. The van der Waals surface area contributed by atoms with Crippen molar-refractivity contribution < 1.29 is 4.79 Å². The zero-order valence-electron chi connectivity index (χ0n) is 7.35. The average Bonchev–Trinajstić information content (AvgIpc) is 2.11. The van der Waals surface area contributed by atoms with Gasteiger partial charge in [0.15, 0.2) is 0 Å². The summed E-state index contributed by atoms with van der Waals surface area (Å²) in [5.41, 5.74) is 0.815. The molecule has 0 saturated heterocycles. The fraction of sp³-hybridized carbons (Fsp3) is 0.222. The molecule has 0 aliphatic rings. The van der Waals surface area contributed by atoms with Crippen LogP contribution in [0.3, 0.4) is 0 Å². The van der Waals surface area contributed by atoms with Crippen LogP contribution in [0.2, 0.25) is 0 Å². The number of carbonyl (C=O) groups is 1. The predicted octanol–water partition coefficient (Wildman–Crippen LogP) is 3.46. The maximum absolute atomic E-state index is 11.3. The molecule has 0 fully saturated rings. The second-order valence-electron chi connectivity index (χ2n) is 2.73. The van der Waals surface area contributed by atoms with E-state index in [9.17, 15) is 4.79 Å². The van der Waals surface area contributed by atoms with Gasteiger partial charge in [-0.3, -0.25) is 4.79 Å².